The van der Waals surface area contributed by atoms with Gasteiger partial charge in [0.05, 0.1) is 7.11 Å². The Morgan fingerprint density at radius 1 is 1.39 bits per heavy atom. The molecule has 2 rings (SSSR count). The maximum absolute atomic E-state index is 9.04. The third-order valence-electron chi connectivity index (χ3n) is 3.73. The van der Waals surface area contributed by atoms with Gasteiger partial charge in [0.25, 0.3) is 0 Å². The number of aliphatic hydroxyl groups is 1. The van der Waals surface area contributed by atoms with E-state index in [2.05, 4.69) is 17.0 Å². The molecule has 0 aliphatic carbocycles. The Kier molecular flexibility index (Phi) is 5.02. The van der Waals surface area contributed by atoms with Gasteiger partial charge < -0.3 is 9.84 Å². The van der Waals surface area contributed by atoms with E-state index < -0.39 is 0 Å². The van der Waals surface area contributed by atoms with Gasteiger partial charge in [-0.1, -0.05) is 18.2 Å². The summed E-state index contributed by atoms with van der Waals surface area (Å²) in [6, 6.07) is 8.22. The highest BCUT2D eigenvalue weighted by atomic mass is 16.5. The molecule has 1 aromatic rings. The van der Waals surface area contributed by atoms with Crippen LogP contribution in [0, 0.1) is 5.92 Å². The summed E-state index contributed by atoms with van der Waals surface area (Å²) < 4.78 is 5.39. The largest absolute Gasteiger partial charge is 0.496 e. The Morgan fingerprint density at radius 3 is 3.00 bits per heavy atom. The van der Waals surface area contributed by atoms with Crippen molar-refractivity contribution in [3.05, 3.63) is 29.8 Å². The molecule has 0 saturated carbocycles. The average molecular weight is 249 g/mol. The van der Waals surface area contributed by atoms with Crippen molar-refractivity contribution >= 4 is 0 Å². The molecule has 1 heterocycles. The molecule has 1 unspecified atom stereocenters. The monoisotopic (exact) mass is 249 g/mol. The quantitative estimate of drug-likeness (QED) is 0.869. The summed E-state index contributed by atoms with van der Waals surface area (Å²) in [6.45, 7) is 3.51. The van der Waals surface area contributed by atoms with Crippen LogP contribution in [0.1, 0.15) is 24.8 Å². The van der Waals surface area contributed by atoms with Gasteiger partial charge in [0.1, 0.15) is 5.75 Å². The summed E-state index contributed by atoms with van der Waals surface area (Å²) in [4.78, 5) is 2.47. The predicted molar refractivity (Wildman–Crippen MR) is 72.7 cm³/mol. The molecular weight excluding hydrogens is 226 g/mol. The van der Waals surface area contributed by atoms with E-state index in [1.54, 1.807) is 7.11 Å². The highest BCUT2D eigenvalue weighted by molar-refractivity contribution is 5.33. The predicted octanol–water partition coefficient (Wildman–Crippen LogP) is 2.29. The molecule has 0 radical (unpaired) electrons. The topological polar surface area (TPSA) is 32.7 Å². The normalized spacial score (nSPS) is 20.9. The number of benzene rings is 1. The van der Waals surface area contributed by atoms with Gasteiger partial charge in [-0.3, -0.25) is 4.90 Å². The first-order valence-corrected chi connectivity index (χ1v) is 6.78. The first kappa shape index (κ1) is 13.4. The van der Waals surface area contributed by atoms with Gasteiger partial charge in [0.2, 0.25) is 0 Å². The average Bonchev–Trinajstić information content (AvgIpc) is 2.40. The second kappa shape index (κ2) is 6.76. The summed E-state index contributed by atoms with van der Waals surface area (Å²) >= 11 is 0. The molecule has 3 nitrogen and oxygen atoms in total. The Labute approximate surface area is 109 Å². The molecule has 1 atom stereocenters. The lowest BCUT2D eigenvalue weighted by molar-refractivity contribution is 0.141. The van der Waals surface area contributed by atoms with Crippen LogP contribution >= 0.6 is 0 Å². The first-order valence-electron chi connectivity index (χ1n) is 6.78. The maximum Gasteiger partial charge on any atom is 0.123 e. The summed E-state index contributed by atoms with van der Waals surface area (Å²) in [6.07, 6.45) is 3.42. The van der Waals surface area contributed by atoms with E-state index >= 15 is 0 Å². The highest BCUT2D eigenvalue weighted by Gasteiger charge is 2.20. The molecule has 1 N–H and O–H groups in total. The second-order valence-corrected chi connectivity index (χ2v) is 5.07. The van der Waals surface area contributed by atoms with Crippen LogP contribution in [0.3, 0.4) is 0 Å². The molecule has 1 fully saturated rings. The van der Waals surface area contributed by atoms with Crippen molar-refractivity contribution in [2.24, 2.45) is 5.92 Å². The van der Waals surface area contributed by atoms with Gasteiger partial charge in [0.15, 0.2) is 0 Å². The van der Waals surface area contributed by atoms with Crippen molar-refractivity contribution in [3.8, 4) is 5.75 Å². The van der Waals surface area contributed by atoms with E-state index in [4.69, 9.17) is 9.84 Å². The molecule has 1 saturated heterocycles. The zero-order valence-electron chi connectivity index (χ0n) is 11.1. The number of aliphatic hydroxyl groups excluding tert-OH is 1. The van der Waals surface area contributed by atoms with Crippen molar-refractivity contribution in [2.45, 2.75) is 25.8 Å². The summed E-state index contributed by atoms with van der Waals surface area (Å²) in [5.74, 6) is 1.63. The van der Waals surface area contributed by atoms with Gasteiger partial charge >= 0.3 is 0 Å². The maximum atomic E-state index is 9.04. The third-order valence-corrected chi connectivity index (χ3v) is 3.73. The zero-order valence-corrected chi connectivity index (χ0v) is 11.1. The number of ether oxygens (including phenoxy) is 1. The van der Waals surface area contributed by atoms with E-state index in [1.807, 2.05) is 12.1 Å². The van der Waals surface area contributed by atoms with Crippen molar-refractivity contribution in [3.63, 3.8) is 0 Å². The fourth-order valence-electron chi connectivity index (χ4n) is 2.79. The van der Waals surface area contributed by atoms with E-state index in [0.717, 1.165) is 31.8 Å². The van der Waals surface area contributed by atoms with Crippen LogP contribution < -0.4 is 4.74 Å². The van der Waals surface area contributed by atoms with Gasteiger partial charge in [-0.2, -0.15) is 0 Å². The van der Waals surface area contributed by atoms with Crippen LogP contribution in [0.25, 0.3) is 0 Å². The van der Waals surface area contributed by atoms with Crippen LogP contribution in [-0.2, 0) is 6.54 Å². The molecule has 0 amide bonds. The molecule has 1 aromatic carbocycles. The zero-order chi connectivity index (χ0) is 12.8. The first-order chi connectivity index (χ1) is 8.83. The molecule has 0 spiro atoms. The summed E-state index contributed by atoms with van der Waals surface area (Å²) in [5, 5.41) is 9.04. The number of hydrogen-bond donors (Lipinski definition) is 1. The Balaban J connectivity index is 1.96. The van der Waals surface area contributed by atoms with Crippen LogP contribution in [0.4, 0.5) is 0 Å². The van der Waals surface area contributed by atoms with Gasteiger partial charge in [0, 0.05) is 25.3 Å². The van der Waals surface area contributed by atoms with E-state index in [-0.39, 0.29) is 0 Å². The van der Waals surface area contributed by atoms with Gasteiger partial charge in [-0.15, -0.1) is 0 Å². The molecular formula is C15H23NO2. The Morgan fingerprint density at radius 2 is 2.22 bits per heavy atom. The molecule has 100 valence electrons. The molecule has 3 heteroatoms. The minimum absolute atomic E-state index is 0.313. The lowest BCUT2D eigenvalue weighted by atomic mass is 9.95. The number of para-hydroxylation sites is 1. The second-order valence-electron chi connectivity index (χ2n) is 5.07. The van der Waals surface area contributed by atoms with Crippen LogP contribution in [0.15, 0.2) is 24.3 Å². The van der Waals surface area contributed by atoms with Gasteiger partial charge in [-0.25, -0.2) is 0 Å². The van der Waals surface area contributed by atoms with E-state index in [1.165, 1.54) is 18.4 Å². The number of nitrogens with zero attached hydrogens (tertiary/aromatic N) is 1. The Bertz CT molecular complexity index is 365. The van der Waals surface area contributed by atoms with Crippen molar-refractivity contribution in [2.75, 3.05) is 26.8 Å². The fourth-order valence-corrected chi connectivity index (χ4v) is 2.79. The SMILES string of the molecule is COc1ccccc1CN1CCCC(CCO)C1. The third kappa shape index (κ3) is 3.47. The summed E-state index contributed by atoms with van der Waals surface area (Å²) in [5.41, 5.74) is 1.25. The minimum atomic E-state index is 0.313. The van der Waals surface area contributed by atoms with E-state index in [0.29, 0.717) is 12.5 Å². The van der Waals surface area contributed by atoms with Crippen molar-refractivity contribution < 1.29 is 9.84 Å². The Hall–Kier alpha value is -1.06. The molecule has 0 aromatic heterocycles. The van der Waals surface area contributed by atoms with Crippen LogP contribution in [0.5, 0.6) is 5.75 Å². The van der Waals surface area contributed by atoms with Crippen LogP contribution in [-0.4, -0.2) is 36.8 Å². The molecule has 18 heavy (non-hydrogen) atoms. The van der Waals surface area contributed by atoms with Crippen molar-refractivity contribution in [1.29, 1.82) is 0 Å². The molecule has 0 bridgehead atoms. The minimum Gasteiger partial charge on any atom is -0.496 e. The lowest BCUT2D eigenvalue weighted by Gasteiger charge is -2.32. The lowest BCUT2D eigenvalue weighted by Crippen LogP contribution is -2.35. The number of piperidine rings is 1. The van der Waals surface area contributed by atoms with Crippen molar-refractivity contribution in [1.82, 2.24) is 4.90 Å². The number of rotatable bonds is 5. The van der Waals surface area contributed by atoms with Gasteiger partial charge in [-0.05, 0) is 37.8 Å². The van der Waals surface area contributed by atoms with E-state index in [9.17, 15) is 0 Å². The van der Waals surface area contributed by atoms with Crippen LogP contribution in [0.2, 0.25) is 0 Å². The highest BCUT2D eigenvalue weighted by Crippen LogP contribution is 2.24. The number of hydrogen-bond acceptors (Lipinski definition) is 3. The summed E-state index contributed by atoms with van der Waals surface area (Å²) in [7, 11) is 1.73. The smallest absolute Gasteiger partial charge is 0.123 e. The number of likely N-dealkylation sites (tertiary alicyclic amines) is 1. The standard InChI is InChI=1S/C15H23NO2/c1-18-15-7-3-2-6-14(15)12-16-9-4-5-13(11-16)8-10-17/h2-3,6-7,13,17H,4-5,8-12H2,1H3. The fraction of sp³-hybridized carbons (Fsp3) is 0.600. The number of methoxy groups -OCH3 is 1. The molecule has 1 aliphatic heterocycles. The molecule has 1 aliphatic rings.